The van der Waals surface area contributed by atoms with Crippen LogP contribution in [-0.2, 0) is 24.8 Å². The minimum Gasteiger partial charge on any atom is -0.375 e. The van der Waals surface area contributed by atoms with E-state index in [-0.39, 0.29) is 0 Å². The Hall–Kier alpha value is -0.350. The van der Waals surface area contributed by atoms with Gasteiger partial charge in [0.25, 0.3) is 0 Å². The van der Waals surface area contributed by atoms with Crippen molar-refractivity contribution in [3.05, 3.63) is 15.9 Å². The molecule has 19 heavy (non-hydrogen) atoms. The topological polar surface area (TPSA) is 27.1 Å². The fraction of sp³-hybridized carbons (Fsp3) is 0.800. The van der Waals surface area contributed by atoms with Crippen molar-refractivity contribution in [1.29, 1.82) is 0 Å². The summed E-state index contributed by atoms with van der Waals surface area (Å²) in [6.45, 7) is 5.87. The number of hydrogen-bond donors (Lipinski definition) is 0. The van der Waals surface area contributed by atoms with Crippen LogP contribution in [0.2, 0.25) is 0 Å². The zero-order valence-corrected chi connectivity index (χ0v) is 14.1. The minimum absolute atomic E-state index is 0.652. The summed E-state index contributed by atoms with van der Waals surface area (Å²) in [6.07, 6.45) is 8.78. The second kappa shape index (κ2) is 9.54. The molecule has 1 aromatic heterocycles. The predicted molar refractivity (Wildman–Crippen MR) is 83.3 cm³/mol. The maximum absolute atomic E-state index is 5.75. The van der Waals surface area contributed by atoms with Crippen LogP contribution in [0.15, 0.2) is 4.47 Å². The highest BCUT2D eigenvalue weighted by Gasteiger charge is 2.11. The van der Waals surface area contributed by atoms with E-state index in [1.165, 1.54) is 38.5 Å². The van der Waals surface area contributed by atoms with Gasteiger partial charge in [0.2, 0.25) is 0 Å². The Morgan fingerprint density at radius 2 is 1.79 bits per heavy atom. The highest BCUT2D eigenvalue weighted by molar-refractivity contribution is 9.10. The van der Waals surface area contributed by atoms with Crippen LogP contribution in [-0.4, -0.2) is 16.4 Å². The van der Waals surface area contributed by atoms with Crippen LogP contribution in [0, 0.1) is 0 Å². The monoisotopic (exact) mass is 330 g/mol. The normalized spacial score (nSPS) is 11.2. The van der Waals surface area contributed by atoms with Crippen molar-refractivity contribution in [2.24, 2.45) is 7.05 Å². The summed E-state index contributed by atoms with van der Waals surface area (Å²) >= 11 is 3.61. The first-order valence-corrected chi connectivity index (χ1v) is 8.28. The van der Waals surface area contributed by atoms with Gasteiger partial charge in [0.05, 0.1) is 22.5 Å². The number of halogens is 1. The first-order chi connectivity index (χ1) is 9.20. The molecule has 0 amide bonds. The quantitative estimate of drug-likeness (QED) is 0.585. The molecule has 4 heteroatoms. The average Bonchev–Trinajstić information content (AvgIpc) is 2.68. The molecule has 0 aliphatic rings. The summed E-state index contributed by atoms with van der Waals surface area (Å²) < 4.78 is 8.79. The molecule has 0 saturated heterocycles. The maximum Gasteiger partial charge on any atom is 0.0896 e. The lowest BCUT2D eigenvalue weighted by molar-refractivity contribution is 0.111. The molecule has 0 N–H and O–H groups in total. The molecule has 0 aliphatic carbocycles. The van der Waals surface area contributed by atoms with E-state index >= 15 is 0 Å². The molecule has 3 nitrogen and oxygen atoms in total. The van der Waals surface area contributed by atoms with E-state index < -0.39 is 0 Å². The smallest absolute Gasteiger partial charge is 0.0896 e. The number of aromatic nitrogens is 2. The Morgan fingerprint density at radius 3 is 2.42 bits per heavy atom. The Morgan fingerprint density at radius 1 is 1.11 bits per heavy atom. The average molecular weight is 331 g/mol. The molecule has 0 bridgehead atoms. The molecule has 1 rings (SSSR count). The summed E-state index contributed by atoms with van der Waals surface area (Å²) in [7, 11) is 1.98. The first-order valence-electron chi connectivity index (χ1n) is 7.48. The van der Waals surface area contributed by atoms with Crippen LogP contribution in [0.1, 0.15) is 63.8 Å². The third kappa shape index (κ3) is 5.65. The summed E-state index contributed by atoms with van der Waals surface area (Å²) in [5.74, 6) is 0. The van der Waals surface area contributed by atoms with Crippen molar-refractivity contribution in [3.8, 4) is 0 Å². The van der Waals surface area contributed by atoms with Gasteiger partial charge in [-0.3, -0.25) is 4.68 Å². The standard InChI is InChI=1S/C15H27BrN2O/c1-4-6-7-8-9-10-11-19-12-14-15(16)13(5-2)17-18(14)3/h4-12H2,1-3H3. The van der Waals surface area contributed by atoms with Gasteiger partial charge in [0.15, 0.2) is 0 Å². The van der Waals surface area contributed by atoms with Crippen LogP contribution in [0.4, 0.5) is 0 Å². The second-order valence-corrected chi connectivity index (χ2v) is 5.80. The van der Waals surface area contributed by atoms with Gasteiger partial charge in [0.1, 0.15) is 0 Å². The predicted octanol–water partition coefficient (Wildman–Crippen LogP) is 4.62. The van der Waals surface area contributed by atoms with Crippen molar-refractivity contribution in [3.63, 3.8) is 0 Å². The van der Waals surface area contributed by atoms with Gasteiger partial charge in [-0.15, -0.1) is 0 Å². The van der Waals surface area contributed by atoms with Gasteiger partial charge < -0.3 is 4.74 Å². The van der Waals surface area contributed by atoms with Crippen molar-refractivity contribution >= 4 is 15.9 Å². The Kier molecular flexibility index (Phi) is 8.38. The Bertz CT molecular complexity index is 363. The molecule has 0 spiro atoms. The number of aryl methyl sites for hydroxylation is 2. The van der Waals surface area contributed by atoms with E-state index in [1.54, 1.807) is 0 Å². The minimum atomic E-state index is 0.652. The Labute approximate surface area is 125 Å². The molecule has 1 heterocycles. The molecule has 0 saturated carbocycles. The highest BCUT2D eigenvalue weighted by Crippen LogP contribution is 2.22. The van der Waals surface area contributed by atoms with Crippen molar-refractivity contribution in [1.82, 2.24) is 9.78 Å². The van der Waals surface area contributed by atoms with Crippen molar-refractivity contribution < 1.29 is 4.74 Å². The van der Waals surface area contributed by atoms with E-state index in [1.807, 2.05) is 11.7 Å². The highest BCUT2D eigenvalue weighted by atomic mass is 79.9. The molecule has 0 aromatic carbocycles. The number of rotatable bonds is 10. The van der Waals surface area contributed by atoms with Crippen LogP contribution in [0.25, 0.3) is 0 Å². The zero-order chi connectivity index (χ0) is 14.1. The lowest BCUT2D eigenvalue weighted by Gasteiger charge is -2.05. The van der Waals surface area contributed by atoms with Gasteiger partial charge in [-0.2, -0.15) is 5.10 Å². The Balaban J connectivity index is 2.17. The lowest BCUT2D eigenvalue weighted by Crippen LogP contribution is -2.02. The van der Waals surface area contributed by atoms with E-state index in [9.17, 15) is 0 Å². The number of nitrogens with zero attached hydrogens (tertiary/aromatic N) is 2. The molecular weight excluding hydrogens is 304 g/mol. The zero-order valence-electron chi connectivity index (χ0n) is 12.5. The van der Waals surface area contributed by atoms with Crippen LogP contribution in [0.3, 0.4) is 0 Å². The summed E-state index contributed by atoms with van der Waals surface area (Å²) in [4.78, 5) is 0. The van der Waals surface area contributed by atoms with Crippen LogP contribution in [0.5, 0.6) is 0 Å². The molecule has 0 radical (unpaired) electrons. The number of ether oxygens (including phenoxy) is 1. The van der Waals surface area contributed by atoms with E-state index in [4.69, 9.17) is 4.74 Å². The molecule has 110 valence electrons. The van der Waals surface area contributed by atoms with Gasteiger partial charge >= 0.3 is 0 Å². The molecule has 0 fully saturated rings. The molecule has 0 atom stereocenters. The van der Waals surface area contributed by atoms with E-state index in [0.29, 0.717) is 6.61 Å². The fourth-order valence-electron chi connectivity index (χ4n) is 2.13. The van der Waals surface area contributed by atoms with Crippen LogP contribution >= 0.6 is 15.9 Å². The third-order valence-electron chi connectivity index (χ3n) is 3.38. The SMILES string of the molecule is CCCCCCCCOCc1c(Br)c(CC)nn1C. The first kappa shape index (κ1) is 16.7. The van der Waals surface area contributed by atoms with Gasteiger partial charge in [0, 0.05) is 13.7 Å². The van der Waals surface area contributed by atoms with Crippen molar-refractivity contribution in [2.45, 2.75) is 65.4 Å². The lowest BCUT2D eigenvalue weighted by atomic mass is 10.1. The van der Waals surface area contributed by atoms with Gasteiger partial charge in [-0.25, -0.2) is 0 Å². The van der Waals surface area contributed by atoms with E-state index in [0.717, 1.165) is 28.9 Å². The summed E-state index contributed by atoms with van der Waals surface area (Å²) in [5.41, 5.74) is 2.25. The molecule has 0 unspecified atom stereocenters. The maximum atomic E-state index is 5.75. The number of unbranched alkanes of at least 4 members (excludes halogenated alkanes) is 5. The van der Waals surface area contributed by atoms with Gasteiger partial charge in [-0.05, 0) is 28.8 Å². The van der Waals surface area contributed by atoms with Crippen LogP contribution < -0.4 is 0 Å². The fourth-order valence-corrected chi connectivity index (χ4v) is 2.86. The van der Waals surface area contributed by atoms with Gasteiger partial charge in [-0.1, -0.05) is 46.0 Å². The largest absolute Gasteiger partial charge is 0.375 e. The second-order valence-electron chi connectivity index (χ2n) is 5.00. The van der Waals surface area contributed by atoms with E-state index in [2.05, 4.69) is 34.9 Å². The summed E-state index contributed by atoms with van der Waals surface area (Å²) in [5, 5.41) is 4.47. The molecular formula is C15H27BrN2O. The number of hydrogen-bond acceptors (Lipinski definition) is 2. The van der Waals surface area contributed by atoms with Crippen molar-refractivity contribution in [2.75, 3.05) is 6.61 Å². The molecule has 0 aliphatic heterocycles. The third-order valence-corrected chi connectivity index (χ3v) is 4.30. The summed E-state index contributed by atoms with van der Waals surface area (Å²) in [6, 6.07) is 0. The molecule has 1 aromatic rings.